The highest BCUT2D eigenvalue weighted by atomic mass is 79.9. The number of amides is 1. The molecule has 3 rings (SSSR count). The van der Waals surface area contributed by atoms with E-state index in [4.69, 9.17) is 0 Å². The molecule has 27 heavy (non-hydrogen) atoms. The fourth-order valence-corrected chi connectivity index (χ4v) is 2.53. The minimum absolute atomic E-state index is 0.0741. The molecule has 1 heterocycles. The number of nitrogens with zero attached hydrogens (tertiary/aromatic N) is 3. The Morgan fingerprint density at radius 3 is 2.52 bits per heavy atom. The van der Waals surface area contributed by atoms with E-state index in [2.05, 4.69) is 31.3 Å². The average molecular weight is 443 g/mol. The lowest BCUT2D eigenvalue weighted by Gasteiger charge is -2.09. The molecule has 0 atom stereocenters. The number of carbonyl (C=O) groups is 1. The van der Waals surface area contributed by atoms with Crippen molar-refractivity contribution in [1.82, 2.24) is 14.8 Å². The van der Waals surface area contributed by atoms with Crippen LogP contribution in [0.2, 0.25) is 0 Å². The van der Waals surface area contributed by atoms with Crippen molar-refractivity contribution in [3.8, 4) is 0 Å². The van der Waals surface area contributed by atoms with E-state index in [0.29, 0.717) is 18.7 Å². The molecule has 3 aromatic rings. The van der Waals surface area contributed by atoms with Crippen LogP contribution in [0.5, 0.6) is 0 Å². The van der Waals surface area contributed by atoms with Crippen LogP contribution in [0.25, 0.3) is 0 Å². The molecule has 140 valence electrons. The average Bonchev–Trinajstić information content (AvgIpc) is 3.03. The van der Waals surface area contributed by atoms with Gasteiger partial charge in [-0.2, -0.15) is 13.2 Å². The van der Waals surface area contributed by atoms with Crippen LogP contribution in [-0.2, 0) is 12.7 Å². The predicted octanol–water partition coefficient (Wildman–Crippen LogP) is 4.50. The highest BCUT2D eigenvalue weighted by Crippen LogP contribution is 2.32. The zero-order chi connectivity index (χ0) is 19.6. The van der Waals surface area contributed by atoms with Crippen molar-refractivity contribution in [2.75, 3.05) is 5.32 Å². The Morgan fingerprint density at radius 2 is 1.85 bits per heavy atom. The molecular formula is C17H11BrF4N4O. The molecule has 5 nitrogen and oxygen atoms in total. The van der Waals surface area contributed by atoms with Gasteiger partial charge >= 0.3 is 6.18 Å². The first-order valence-corrected chi connectivity index (χ1v) is 8.33. The number of rotatable bonds is 4. The van der Waals surface area contributed by atoms with Crippen molar-refractivity contribution < 1.29 is 22.4 Å². The Kier molecular flexibility index (Phi) is 5.26. The monoisotopic (exact) mass is 442 g/mol. The number of alkyl halides is 3. The van der Waals surface area contributed by atoms with Gasteiger partial charge in [0.2, 0.25) is 5.95 Å². The summed E-state index contributed by atoms with van der Waals surface area (Å²) >= 11 is 3.33. The number of benzene rings is 2. The molecule has 2 aromatic carbocycles. The van der Waals surface area contributed by atoms with Crippen molar-refractivity contribution in [3.63, 3.8) is 0 Å². The van der Waals surface area contributed by atoms with Crippen LogP contribution in [-0.4, -0.2) is 20.7 Å². The lowest BCUT2D eigenvalue weighted by molar-refractivity contribution is -0.140. The number of nitrogens with one attached hydrogen (secondary N) is 1. The molecule has 0 aliphatic carbocycles. The third-order valence-electron chi connectivity index (χ3n) is 3.55. The fraction of sp³-hybridized carbons (Fsp3) is 0.118. The minimum atomic E-state index is -4.90. The normalized spacial score (nSPS) is 11.4. The lowest BCUT2D eigenvalue weighted by atomic mass is 10.1. The summed E-state index contributed by atoms with van der Waals surface area (Å²) in [6.07, 6.45) is -3.52. The van der Waals surface area contributed by atoms with Gasteiger partial charge in [0.05, 0.1) is 12.1 Å². The first kappa shape index (κ1) is 19.0. The molecule has 0 saturated heterocycles. The molecule has 0 bridgehead atoms. The molecule has 0 fully saturated rings. The summed E-state index contributed by atoms with van der Waals surface area (Å²) in [5, 5.41) is 6.34. The minimum Gasteiger partial charge on any atom is -0.289 e. The third kappa shape index (κ3) is 4.70. The summed E-state index contributed by atoms with van der Waals surface area (Å²) < 4.78 is 54.0. The van der Waals surface area contributed by atoms with Crippen LogP contribution in [0, 0.1) is 5.82 Å². The Morgan fingerprint density at radius 1 is 1.15 bits per heavy atom. The van der Waals surface area contributed by atoms with Crippen LogP contribution in [0.1, 0.15) is 21.5 Å². The maximum absolute atomic E-state index is 13.3. The summed E-state index contributed by atoms with van der Waals surface area (Å²) in [4.78, 5) is 16.0. The molecule has 0 spiro atoms. The summed E-state index contributed by atoms with van der Waals surface area (Å²) in [7, 11) is 0. The molecule has 1 N–H and O–H groups in total. The second kappa shape index (κ2) is 7.47. The largest absolute Gasteiger partial charge is 0.419 e. The molecule has 10 heteroatoms. The zero-order valence-corrected chi connectivity index (χ0v) is 15.1. The summed E-state index contributed by atoms with van der Waals surface area (Å²) in [5.74, 6) is -2.40. The number of carbonyl (C=O) groups excluding carboxylic acids is 1. The van der Waals surface area contributed by atoms with Crippen LogP contribution in [0.4, 0.5) is 23.5 Å². The SMILES string of the molecule is O=C(Nc1ncn(Cc2ccc(Br)cc2)n1)c1ccc(F)c(C(F)(F)F)c1. The van der Waals surface area contributed by atoms with E-state index in [1.165, 1.54) is 11.0 Å². The van der Waals surface area contributed by atoms with Gasteiger partial charge in [-0.15, -0.1) is 5.10 Å². The van der Waals surface area contributed by atoms with E-state index in [0.717, 1.165) is 16.1 Å². The van der Waals surface area contributed by atoms with E-state index in [9.17, 15) is 22.4 Å². The van der Waals surface area contributed by atoms with E-state index in [1.54, 1.807) is 0 Å². The van der Waals surface area contributed by atoms with Gasteiger partial charge in [-0.25, -0.2) is 14.1 Å². The molecule has 1 aromatic heterocycles. The lowest BCUT2D eigenvalue weighted by Crippen LogP contribution is -2.16. The van der Waals surface area contributed by atoms with Crippen LogP contribution in [0.3, 0.4) is 0 Å². The van der Waals surface area contributed by atoms with E-state index < -0.39 is 23.5 Å². The van der Waals surface area contributed by atoms with Gasteiger partial charge in [0.1, 0.15) is 12.1 Å². The number of aromatic nitrogens is 3. The molecule has 1 amide bonds. The van der Waals surface area contributed by atoms with E-state index in [1.807, 2.05) is 24.3 Å². The van der Waals surface area contributed by atoms with E-state index in [-0.39, 0.29) is 11.5 Å². The van der Waals surface area contributed by atoms with Crippen molar-refractivity contribution in [1.29, 1.82) is 0 Å². The van der Waals surface area contributed by atoms with Gasteiger partial charge < -0.3 is 0 Å². The molecule has 0 radical (unpaired) electrons. The topological polar surface area (TPSA) is 59.8 Å². The van der Waals surface area contributed by atoms with Gasteiger partial charge in [0, 0.05) is 10.0 Å². The van der Waals surface area contributed by atoms with Gasteiger partial charge in [-0.1, -0.05) is 28.1 Å². The predicted molar refractivity (Wildman–Crippen MR) is 92.6 cm³/mol. The van der Waals surface area contributed by atoms with E-state index >= 15 is 0 Å². The summed E-state index contributed by atoms with van der Waals surface area (Å²) in [5.41, 5.74) is -0.925. The standard InChI is InChI=1S/C17H11BrF4N4O/c18-12-4-1-10(2-5-12)8-26-9-23-16(25-26)24-15(27)11-3-6-14(19)13(7-11)17(20,21)22/h1-7,9H,8H2,(H,24,25,27). The third-order valence-corrected chi connectivity index (χ3v) is 4.08. The van der Waals surface area contributed by atoms with Crippen molar-refractivity contribution in [2.45, 2.75) is 12.7 Å². The first-order chi connectivity index (χ1) is 12.7. The quantitative estimate of drug-likeness (QED) is 0.605. The van der Waals surface area contributed by atoms with Crippen molar-refractivity contribution in [3.05, 3.63) is 75.8 Å². The molecular weight excluding hydrogens is 432 g/mol. The fourth-order valence-electron chi connectivity index (χ4n) is 2.26. The zero-order valence-electron chi connectivity index (χ0n) is 13.5. The smallest absolute Gasteiger partial charge is 0.289 e. The summed E-state index contributed by atoms with van der Waals surface area (Å²) in [6.45, 7) is 0.394. The van der Waals surface area contributed by atoms with Crippen LogP contribution in [0.15, 0.2) is 53.3 Å². The highest BCUT2D eigenvalue weighted by Gasteiger charge is 2.34. The van der Waals surface area contributed by atoms with Crippen molar-refractivity contribution in [2.24, 2.45) is 0 Å². The highest BCUT2D eigenvalue weighted by molar-refractivity contribution is 9.10. The Bertz CT molecular complexity index is 970. The molecule has 0 aliphatic heterocycles. The number of hydrogen-bond acceptors (Lipinski definition) is 3. The number of anilines is 1. The van der Waals surface area contributed by atoms with Crippen molar-refractivity contribution >= 4 is 27.8 Å². The second-order valence-corrected chi connectivity index (χ2v) is 6.45. The second-order valence-electron chi connectivity index (χ2n) is 5.54. The maximum atomic E-state index is 13.3. The Balaban J connectivity index is 1.72. The Labute approximate surface area is 159 Å². The maximum Gasteiger partial charge on any atom is 0.419 e. The van der Waals surface area contributed by atoms with Gasteiger partial charge in [0.25, 0.3) is 5.91 Å². The molecule has 0 aliphatic rings. The molecule has 0 saturated carbocycles. The van der Waals surface area contributed by atoms with Crippen LogP contribution >= 0.6 is 15.9 Å². The van der Waals surface area contributed by atoms with Gasteiger partial charge in [-0.3, -0.25) is 10.1 Å². The Hall–Kier alpha value is -2.75. The van der Waals surface area contributed by atoms with Gasteiger partial charge in [0.15, 0.2) is 0 Å². The van der Waals surface area contributed by atoms with Gasteiger partial charge in [-0.05, 0) is 35.9 Å². The summed E-state index contributed by atoms with van der Waals surface area (Å²) in [6, 6.07) is 9.48. The number of hydrogen-bond donors (Lipinski definition) is 1. The number of halogens is 5. The van der Waals surface area contributed by atoms with Crippen LogP contribution < -0.4 is 5.32 Å². The molecule has 0 unspecified atom stereocenters. The first-order valence-electron chi connectivity index (χ1n) is 7.54.